The Morgan fingerprint density at radius 2 is 2.06 bits per heavy atom. The van der Waals surface area contributed by atoms with Crippen LogP contribution in [-0.2, 0) is 10.3 Å². The van der Waals surface area contributed by atoms with E-state index in [1.165, 1.54) is 0 Å². The molecule has 1 aromatic heterocycles. The number of hydrogen-bond acceptors (Lipinski definition) is 3. The fourth-order valence-electron chi connectivity index (χ4n) is 2.69. The third-order valence-electron chi connectivity index (χ3n) is 3.82. The molecule has 2 rings (SSSR count). The van der Waals surface area contributed by atoms with Gasteiger partial charge in [0.1, 0.15) is 5.60 Å². The standard InChI is InChI=1S/C15H23NO2/c1-11-7-5-8-12(16-11)15(17,14(2,3)4)13-9-6-10-18-13/h5,7-8,13,17H,6,9-10H2,1-4H3. The molecule has 100 valence electrons. The molecule has 0 spiro atoms. The van der Waals surface area contributed by atoms with Crippen molar-refractivity contribution in [3.05, 3.63) is 29.6 Å². The van der Waals surface area contributed by atoms with Crippen LogP contribution in [0.2, 0.25) is 0 Å². The summed E-state index contributed by atoms with van der Waals surface area (Å²) < 4.78 is 5.75. The molecule has 1 aromatic rings. The van der Waals surface area contributed by atoms with Crippen molar-refractivity contribution >= 4 is 0 Å². The average Bonchev–Trinajstić information content (AvgIpc) is 2.80. The van der Waals surface area contributed by atoms with Gasteiger partial charge in [0.25, 0.3) is 0 Å². The van der Waals surface area contributed by atoms with Gasteiger partial charge in [0, 0.05) is 12.3 Å². The molecule has 1 saturated heterocycles. The van der Waals surface area contributed by atoms with Crippen molar-refractivity contribution in [1.82, 2.24) is 4.98 Å². The number of aryl methyl sites for hydroxylation is 1. The van der Waals surface area contributed by atoms with Gasteiger partial charge in [0.15, 0.2) is 0 Å². The van der Waals surface area contributed by atoms with Crippen LogP contribution in [0.1, 0.15) is 45.0 Å². The first kappa shape index (κ1) is 13.5. The molecular weight excluding hydrogens is 226 g/mol. The quantitative estimate of drug-likeness (QED) is 0.876. The molecule has 0 saturated carbocycles. The Bertz CT molecular complexity index is 419. The molecule has 0 amide bonds. The number of rotatable bonds is 2. The summed E-state index contributed by atoms with van der Waals surface area (Å²) in [6.07, 6.45) is 1.74. The van der Waals surface area contributed by atoms with Gasteiger partial charge in [-0.3, -0.25) is 4.98 Å². The highest BCUT2D eigenvalue weighted by Gasteiger charge is 2.50. The zero-order valence-corrected chi connectivity index (χ0v) is 11.7. The van der Waals surface area contributed by atoms with Gasteiger partial charge in [-0.25, -0.2) is 0 Å². The number of hydrogen-bond donors (Lipinski definition) is 1. The van der Waals surface area contributed by atoms with E-state index in [0.717, 1.165) is 30.8 Å². The van der Waals surface area contributed by atoms with Crippen molar-refractivity contribution in [3.63, 3.8) is 0 Å². The Labute approximate surface area is 109 Å². The Morgan fingerprint density at radius 3 is 2.56 bits per heavy atom. The van der Waals surface area contributed by atoms with E-state index >= 15 is 0 Å². The predicted molar refractivity (Wildman–Crippen MR) is 71.3 cm³/mol. The maximum atomic E-state index is 11.3. The summed E-state index contributed by atoms with van der Waals surface area (Å²) in [4.78, 5) is 4.53. The predicted octanol–water partition coefficient (Wildman–Crippen LogP) is 2.80. The Balaban J connectivity index is 2.48. The molecule has 1 N–H and O–H groups in total. The summed E-state index contributed by atoms with van der Waals surface area (Å²) in [6.45, 7) is 8.80. The molecule has 1 aliphatic rings. The van der Waals surface area contributed by atoms with E-state index in [0.29, 0.717) is 0 Å². The molecule has 0 bridgehead atoms. The van der Waals surface area contributed by atoms with Crippen LogP contribution in [-0.4, -0.2) is 22.8 Å². The third-order valence-corrected chi connectivity index (χ3v) is 3.82. The van der Waals surface area contributed by atoms with Gasteiger partial charge in [-0.15, -0.1) is 0 Å². The zero-order valence-electron chi connectivity index (χ0n) is 11.7. The van der Waals surface area contributed by atoms with Crippen LogP contribution < -0.4 is 0 Å². The second-order valence-corrected chi connectivity index (χ2v) is 6.18. The Morgan fingerprint density at radius 1 is 1.33 bits per heavy atom. The monoisotopic (exact) mass is 249 g/mol. The van der Waals surface area contributed by atoms with Crippen molar-refractivity contribution < 1.29 is 9.84 Å². The van der Waals surface area contributed by atoms with Gasteiger partial charge in [-0.1, -0.05) is 26.8 Å². The molecule has 1 aliphatic heterocycles. The van der Waals surface area contributed by atoms with E-state index in [1.807, 2.05) is 45.9 Å². The Hall–Kier alpha value is -0.930. The average molecular weight is 249 g/mol. The first-order valence-corrected chi connectivity index (χ1v) is 6.64. The first-order valence-electron chi connectivity index (χ1n) is 6.64. The Kier molecular flexibility index (Phi) is 3.47. The van der Waals surface area contributed by atoms with Crippen LogP contribution in [0.4, 0.5) is 0 Å². The normalized spacial score (nSPS) is 23.9. The molecular formula is C15H23NO2. The molecule has 0 aliphatic carbocycles. The number of pyridine rings is 1. The summed E-state index contributed by atoms with van der Waals surface area (Å²) in [6, 6.07) is 5.80. The van der Waals surface area contributed by atoms with Gasteiger partial charge < -0.3 is 9.84 Å². The molecule has 0 aromatic carbocycles. The molecule has 2 atom stereocenters. The van der Waals surface area contributed by atoms with E-state index in [9.17, 15) is 5.11 Å². The molecule has 3 nitrogen and oxygen atoms in total. The largest absolute Gasteiger partial charge is 0.380 e. The zero-order chi connectivity index (χ0) is 13.4. The van der Waals surface area contributed by atoms with Gasteiger partial charge >= 0.3 is 0 Å². The van der Waals surface area contributed by atoms with Crippen LogP contribution in [0.15, 0.2) is 18.2 Å². The molecule has 1 fully saturated rings. The van der Waals surface area contributed by atoms with Gasteiger partial charge in [0.05, 0.1) is 11.8 Å². The van der Waals surface area contributed by atoms with Gasteiger partial charge in [-0.05, 0) is 37.3 Å². The minimum atomic E-state index is -1.03. The highest BCUT2D eigenvalue weighted by atomic mass is 16.5. The van der Waals surface area contributed by atoms with Crippen molar-refractivity contribution in [1.29, 1.82) is 0 Å². The lowest BCUT2D eigenvalue weighted by Gasteiger charge is -2.43. The lowest BCUT2D eigenvalue weighted by Crippen LogP contribution is -2.50. The first-order chi connectivity index (χ1) is 8.35. The van der Waals surface area contributed by atoms with Crippen molar-refractivity contribution in [2.75, 3.05) is 6.61 Å². The highest BCUT2D eigenvalue weighted by molar-refractivity contribution is 5.21. The molecule has 2 unspecified atom stereocenters. The number of ether oxygens (including phenoxy) is 1. The maximum Gasteiger partial charge on any atom is 0.137 e. The number of nitrogens with zero attached hydrogens (tertiary/aromatic N) is 1. The summed E-state index contributed by atoms with van der Waals surface area (Å²) in [5.74, 6) is 0. The van der Waals surface area contributed by atoms with Crippen LogP contribution in [0.3, 0.4) is 0 Å². The number of aromatic nitrogens is 1. The van der Waals surface area contributed by atoms with Crippen molar-refractivity contribution in [2.24, 2.45) is 5.41 Å². The van der Waals surface area contributed by atoms with E-state index in [-0.39, 0.29) is 11.5 Å². The minimum Gasteiger partial charge on any atom is -0.380 e. The van der Waals surface area contributed by atoms with Crippen LogP contribution in [0.25, 0.3) is 0 Å². The van der Waals surface area contributed by atoms with Crippen molar-refractivity contribution in [2.45, 2.75) is 52.2 Å². The van der Waals surface area contributed by atoms with Crippen molar-refractivity contribution in [3.8, 4) is 0 Å². The smallest absolute Gasteiger partial charge is 0.137 e. The van der Waals surface area contributed by atoms with Gasteiger partial charge in [0.2, 0.25) is 0 Å². The summed E-state index contributed by atoms with van der Waals surface area (Å²) in [7, 11) is 0. The molecule has 2 heterocycles. The SMILES string of the molecule is Cc1cccc(C(O)(C2CCCO2)C(C)(C)C)n1. The second-order valence-electron chi connectivity index (χ2n) is 6.18. The molecule has 3 heteroatoms. The van der Waals surface area contributed by atoms with E-state index < -0.39 is 5.60 Å². The second kappa shape index (κ2) is 4.63. The summed E-state index contributed by atoms with van der Waals surface area (Å²) in [5, 5.41) is 11.3. The van der Waals surface area contributed by atoms with E-state index in [4.69, 9.17) is 4.74 Å². The molecule has 0 radical (unpaired) electrons. The number of aliphatic hydroxyl groups is 1. The van der Waals surface area contributed by atoms with Crippen LogP contribution in [0, 0.1) is 12.3 Å². The lowest BCUT2D eigenvalue weighted by molar-refractivity contribution is -0.157. The summed E-state index contributed by atoms with van der Waals surface area (Å²) in [5.41, 5.74) is 0.299. The van der Waals surface area contributed by atoms with E-state index in [2.05, 4.69) is 4.98 Å². The fourth-order valence-corrected chi connectivity index (χ4v) is 2.69. The lowest BCUT2D eigenvalue weighted by atomic mass is 9.70. The van der Waals surface area contributed by atoms with Crippen LogP contribution >= 0.6 is 0 Å². The summed E-state index contributed by atoms with van der Waals surface area (Å²) >= 11 is 0. The molecule has 18 heavy (non-hydrogen) atoms. The van der Waals surface area contributed by atoms with Crippen LogP contribution in [0.5, 0.6) is 0 Å². The highest BCUT2D eigenvalue weighted by Crippen LogP contribution is 2.45. The maximum absolute atomic E-state index is 11.3. The fraction of sp³-hybridized carbons (Fsp3) is 0.667. The topological polar surface area (TPSA) is 42.4 Å². The van der Waals surface area contributed by atoms with Gasteiger partial charge in [-0.2, -0.15) is 0 Å². The van der Waals surface area contributed by atoms with E-state index in [1.54, 1.807) is 0 Å². The third kappa shape index (κ3) is 2.17. The minimum absolute atomic E-state index is 0.160.